The molecule has 0 radical (unpaired) electrons. The first kappa shape index (κ1) is 8.24. The van der Waals surface area contributed by atoms with Crippen molar-refractivity contribution in [3.05, 3.63) is 21.1 Å². The molecule has 1 aliphatic carbocycles. The molecule has 53 valence electrons. The van der Waals surface area contributed by atoms with Crippen molar-refractivity contribution in [3.8, 4) is 0 Å². The molecule has 0 aromatic heterocycles. The van der Waals surface area contributed by atoms with Crippen molar-refractivity contribution in [1.82, 2.24) is 0 Å². The van der Waals surface area contributed by atoms with Crippen molar-refractivity contribution in [1.29, 1.82) is 0 Å². The Morgan fingerprint density at radius 2 is 2.00 bits per heavy atom. The van der Waals surface area contributed by atoms with Gasteiger partial charge in [-0.25, -0.2) is 0 Å². The summed E-state index contributed by atoms with van der Waals surface area (Å²) in [5.41, 5.74) is -0.417. The van der Waals surface area contributed by atoms with Gasteiger partial charge in [0.2, 0.25) is 0 Å². The first-order valence-corrected chi connectivity index (χ1v) is 4.50. The summed E-state index contributed by atoms with van der Waals surface area (Å²) in [6.45, 7) is 0. The first-order valence-electron chi connectivity index (χ1n) is 2.70. The van der Waals surface area contributed by atoms with E-state index in [0.29, 0.717) is 34.1 Å². The van der Waals surface area contributed by atoms with Crippen LogP contribution in [-0.2, 0) is 24.4 Å². The molecule has 0 spiro atoms. The van der Waals surface area contributed by atoms with E-state index in [1.165, 1.54) is 6.08 Å². The summed E-state index contributed by atoms with van der Waals surface area (Å²) in [4.78, 5) is 0. The predicted octanol–water partition coefficient (Wildman–Crippen LogP) is 2.31. The van der Waals surface area contributed by atoms with Crippen molar-refractivity contribution in [2.75, 3.05) is 0 Å². The molecule has 0 nitrogen and oxygen atoms in total. The van der Waals surface area contributed by atoms with Crippen LogP contribution < -0.4 is 0 Å². The maximum atomic E-state index is 11.9. The van der Waals surface area contributed by atoms with Gasteiger partial charge in [-0.1, -0.05) is 0 Å². The maximum absolute atomic E-state index is 11.9. The normalized spacial score (nSPS) is 18.6. The fourth-order valence-electron chi connectivity index (χ4n) is 0.771. The molecule has 4 heteroatoms. The standard InChI is InChI=1S/C6H4F3.Hf/c7-6(8,9)5-3-1-2-4-5;/h1,3H,2H2;. The van der Waals surface area contributed by atoms with E-state index in [0.717, 1.165) is 0 Å². The number of halogens is 3. The first-order chi connectivity index (χ1) is 4.52. The van der Waals surface area contributed by atoms with Crippen molar-refractivity contribution >= 4 is 0 Å². The van der Waals surface area contributed by atoms with Crippen LogP contribution in [0.5, 0.6) is 0 Å². The third kappa shape index (κ3) is 1.59. The number of rotatable bonds is 0. The van der Waals surface area contributed by atoms with Crippen LogP contribution in [0, 0.1) is 0 Å². The molecule has 0 bridgehead atoms. The fourth-order valence-corrected chi connectivity index (χ4v) is 2.00. The van der Waals surface area contributed by atoms with Crippen molar-refractivity contribution in [2.45, 2.75) is 12.6 Å². The molecule has 0 fully saturated rings. The second-order valence-electron chi connectivity index (χ2n) is 2.00. The summed E-state index contributed by atoms with van der Waals surface area (Å²) in [7, 11) is 0. The number of hydrogen-bond acceptors (Lipinski definition) is 0. The van der Waals surface area contributed by atoms with Gasteiger partial charge in [0, 0.05) is 0 Å². The zero-order chi connectivity index (χ0) is 7.78. The van der Waals surface area contributed by atoms with Crippen LogP contribution in [0.4, 0.5) is 13.2 Å². The van der Waals surface area contributed by atoms with Crippen LogP contribution >= 0.6 is 0 Å². The van der Waals surface area contributed by atoms with E-state index in [2.05, 4.69) is 0 Å². The zero-order valence-electron chi connectivity index (χ0n) is 5.00. The van der Waals surface area contributed by atoms with Gasteiger partial charge in [0.15, 0.2) is 0 Å². The van der Waals surface area contributed by atoms with Crippen LogP contribution in [-0.4, -0.2) is 6.18 Å². The average molecular weight is 312 g/mol. The summed E-state index contributed by atoms with van der Waals surface area (Å²) in [6.07, 6.45) is -0.890. The van der Waals surface area contributed by atoms with Crippen molar-refractivity contribution in [3.63, 3.8) is 0 Å². The molecule has 0 saturated carbocycles. The summed E-state index contributed by atoms with van der Waals surface area (Å²) in [5, 5.41) is 0. The molecule has 0 atom stereocenters. The van der Waals surface area contributed by atoms with E-state index in [-0.39, 0.29) is 0 Å². The predicted molar refractivity (Wildman–Crippen MR) is 26.8 cm³/mol. The molecule has 0 aromatic rings. The van der Waals surface area contributed by atoms with Gasteiger partial charge in [0.05, 0.1) is 0 Å². The minimum atomic E-state index is -4.12. The Hall–Kier alpha value is 0.140. The molecule has 0 amide bonds. The van der Waals surface area contributed by atoms with Gasteiger partial charge in [-0.15, -0.1) is 0 Å². The van der Waals surface area contributed by atoms with Crippen LogP contribution in [0.2, 0.25) is 0 Å². The third-order valence-electron chi connectivity index (χ3n) is 1.24. The van der Waals surface area contributed by atoms with Crippen LogP contribution in [0.15, 0.2) is 21.1 Å². The Morgan fingerprint density at radius 3 is 2.20 bits per heavy atom. The quantitative estimate of drug-likeness (QED) is 0.602. The van der Waals surface area contributed by atoms with Crippen molar-refractivity contribution in [2.24, 2.45) is 0 Å². The number of allylic oxidation sites excluding steroid dienone is 4. The average Bonchev–Trinajstić information content (AvgIpc) is 2.11. The molecule has 0 heterocycles. The molecule has 10 heavy (non-hydrogen) atoms. The summed E-state index contributed by atoms with van der Waals surface area (Å²) in [5.74, 6) is 0. The molecule has 1 aliphatic rings. The molecule has 0 saturated heterocycles. The summed E-state index contributed by atoms with van der Waals surface area (Å²) >= 11 is 0.514. The second kappa shape index (κ2) is 2.64. The minimum absolute atomic E-state index is 0.417. The van der Waals surface area contributed by atoms with Crippen LogP contribution in [0.1, 0.15) is 6.42 Å². The van der Waals surface area contributed by atoms with E-state index in [9.17, 15) is 13.2 Å². The zero-order valence-corrected chi connectivity index (χ0v) is 8.59. The molecular formula is C6H4F3Hf. The van der Waals surface area contributed by atoms with Gasteiger partial charge in [0.25, 0.3) is 0 Å². The molecule has 0 aromatic carbocycles. The Labute approximate surface area is 71.4 Å². The van der Waals surface area contributed by atoms with Gasteiger partial charge in [-0.2, -0.15) is 0 Å². The molecule has 0 N–H and O–H groups in total. The van der Waals surface area contributed by atoms with Crippen LogP contribution in [0.25, 0.3) is 0 Å². The Kier molecular flexibility index (Phi) is 2.18. The molecule has 0 unspecified atom stereocenters. The number of alkyl halides is 3. The Bertz CT molecular complexity index is 200. The van der Waals surface area contributed by atoms with Gasteiger partial charge < -0.3 is 0 Å². The fraction of sp³-hybridized carbons (Fsp3) is 0.333. The topological polar surface area (TPSA) is 0 Å². The van der Waals surface area contributed by atoms with Gasteiger partial charge in [-0.05, 0) is 0 Å². The monoisotopic (exact) mass is 313 g/mol. The van der Waals surface area contributed by atoms with Crippen molar-refractivity contribution < 1.29 is 37.5 Å². The van der Waals surface area contributed by atoms with E-state index in [4.69, 9.17) is 0 Å². The Morgan fingerprint density at radius 1 is 1.40 bits per heavy atom. The molecule has 0 aliphatic heterocycles. The van der Waals surface area contributed by atoms with Gasteiger partial charge >= 0.3 is 71.2 Å². The van der Waals surface area contributed by atoms with E-state index in [1.54, 1.807) is 6.08 Å². The summed E-state index contributed by atoms with van der Waals surface area (Å²) < 4.78 is 36.3. The second-order valence-corrected chi connectivity index (χ2v) is 4.16. The van der Waals surface area contributed by atoms with Crippen LogP contribution in [0.3, 0.4) is 0 Å². The molecule has 1 rings (SSSR count). The third-order valence-corrected chi connectivity index (χ3v) is 2.94. The van der Waals surface area contributed by atoms with E-state index >= 15 is 0 Å². The number of hydrogen-bond donors (Lipinski definition) is 0. The molecular weight excluding hydrogens is 308 g/mol. The summed E-state index contributed by atoms with van der Waals surface area (Å²) in [6, 6.07) is 0. The van der Waals surface area contributed by atoms with E-state index < -0.39 is 11.7 Å². The SMILES string of the molecule is FC(F)(F)C1=[C]([Hf])CC=C1. The van der Waals surface area contributed by atoms with Gasteiger partial charge in [-0.3, -0.25) is 0 Å². The van der Waals surface area contributed by atoms with E-state index in [1.807, 2.05) is 0 Å². The van der Waals surface area contributed by atoms with Gasteiger partial charge in [0.1, 0.15) is 0 Å². The Balaban J connectivity index is 2.91.